The van der Waals surface area contributed by atoms with Crippen molar-refractivity contribution in [2.75, 3.05) is 20.3 Å². The molecule has 4 aliphatic rings. The number of fused-ring (bicyclic) bond motifs is 3. The first-order valence-corrected chi connectivity index (χ1v) is 11.4. The molecule has 3 fully saturated rings. The molecule has 5 rings (SSSR count). The number of ether oxygens (including phenoxy) is 6. The number of carbonyl (C=O) groups is 1. The predicted octanol–water partition coefficient (Wildman–Crippen LogP) is -2.01. The maximum Gasteiger partial charge on any atom is 0.338 e. The van der Waals surface area contributed by atoms with Crippen LogP contribution in [0.3, 0.4) is 0 Å². The van der Waals surface area contributed by atoms with Crippen LogP contribution in [0.25, 0.3) is 0 Å². The number of benzene rings is 1. The van der Waals surface area contributed by atoms with E-state index in [4.69, 9.17) is 28.4 Å². The molecule has 0 amide bonds. The number of aliphatic hydroxyl groups excluding tert-OH is 5. The number of methoxy groups -OCH3 is 1. The van der Waals surface area contributed by atoms with E-state index in [-0.39, 0.29) is 17.1 Å². The summed E-state index contributed by atoms with van der Waals surface area (Å²) in [5.74, 6) is -1.99. The number of aliphatic hydroxyl groups is 5. The van der Waals surface area contributed by atoms with Gasteiger partial charge in [0.05, 0.1) is 38.1 Å². The molecular formula is C23H28O13. The van der Waals surface area contributed by atoms with Crippen LogP contribution in [0.15, 0.2) is 30.5 Å². The first kappa shape index (κ1) is 25.2. The van der Waals surface area contributed by atoms with Crippen molar-refractivity contribution in [3.05, 3.63) is 36.1 Å². The van der Waals surface area contributed by atoms with Gasteiger partial charge in [-0.15, -0.1) is 0 Å². The second kappa shape index (κ2) is 9.43. The highest BCUT2D eigenvalue weighted by Gasteiger charge is 2.77. The number of epoxide rings is 1. The monoisotopic (exact) mass is 512 g/mol. The third kappa shape index (κ3) is 3.92. The average Bonchev–Trinajstić information content (AvgIpc) is 3.56. The van der Waals surface area contributed by atoms with E-state index >= 15 is 0 Å². The fourth-order valence-corrected chi connectivity index (χ4v) is 5.30. The maximum atomic E-state index is 12.9. The van der Waals surface area contributed by atoms with Crippen molar-refractivity contribution in [3.63, 3.8) is 0 Å². The Morgan fingerprint density at radius 3 is 2.56 bits per heavy atom. The summed E-state index contributed by atoms with van der Waals surface area (Å²) in [6.45, 7) is -1.07. The molecule has 13 nitrogen and oxygen atoms in total. The number of hydrogen-bond donors (Lipinski definition) is 6. The smallest absolute Gasteiger partial charge is 0.338 e. The normalized spacial score (nSPS) is 42.7. The van der Waals surface area contributed by atoms with Crippen molar-refractivity contribution < 1.29 is 63.9 Å². The Hall–Kier alpha value is -2.49. The molecule has 36 heavy (non-hydrogen) atoms. The molecule has 6 N–H and O–H groups in total. The van der Waals surface area contributed by atoms with Gasteiger partial charge in [0.15, 0.2) is 17.8 Å². The Balaban J connectivity index is 1.34. The van der Waals surface area contributed by atoms with E-state index < -0.39 is 85.8 Å². The van der Waals surface area contributed by atoms with Gasteiger partial charge in [-0.05, 0) is 24.3 Å². The largest absolute Gasteiger partial charge is 0.504 e. The van der Waals surface area contributed by atoms with Crippen molar-refractivity contribution in [1.82, 2.24) is 0 Å². The molecule has 198 valence electrons. The van der Waals surface area contributed by atoms with Crippen LogP contribution >= 0.6 is 0 Å². The summed E-state index contributed by atoms with van der Waals surface area (Å²) in [5, 5.41) is 60.0. The lowest BCUT2D eigenvalue weighted by atomic mass is 9.85. The number of carbonyl (C=O) groups excluding carboxylic acids is 1. The zero-order chi connectivity index (χ0) is 25.8. The minimum absolute atomic E-state index is 0.0807. The SMILES string of the molecule is COc1ccc(C(=O)O[C@H]2[C@H]3C=CO[C@@H](O[C@@H]4O[C@H](CO)[C@@H](O)[C@H](O)[C@H]4O)[C@@H]3[C@@]3(CO)O[C@@H]23)cc1O. The van der Waals surface area contributed by atoms with Crippen LogP contribution in [0.5, 0.6) is 11.5 Å². The molecule has 0 unspecified atom stereocenters. The average molecular weight is 512 g/mol. The van der Waals surface area contributed by atoms with Crippen molar-refractivity contribution in [1.29, 1.82) is 0 Å². The van der Waals surface area contributed by atoms with Gasteiger partial charge in [0, 0.05) is 5.92 Å². The lowest BCUT2D eigenvalue weighted by molar-refractivity contribution is -0.344. The van der Waals surface area contributed by atoms with Crippen LogP contribution in [0, 0.1) is 11.8 Å². The molecular weight excluding hydrogens is 484 g/mol. The molecule has 0 spiro atoms. The van der Waals surface area contributed by atoms with E-state index in [1.165, 1.54) is 31.6 Å². The zero-order valence-corrected chi connectivity index (χ0v) is 19.1. The number of phenolic OH excluding ortho intramolecular Hbond substituents is 1. The number of aromatic hydroxyl groups is 1. The van der Waals surface area contributed by atoms with Crippen molar-refractivity contribution in [2.45, 2.75) is 54.8 Å². The first-order chi connectivity index (χ1) is 17.2. The van der Waals surface area contributed by atoms with Gasteiger partial charge < -0.3 is 59.1 Å². The summed E-state index contributed by atoms with van der Waals surface area (Å²) < 4.78 is 33.3. The van der Waals surface area contributed by atoms with Crippen LogP contribution < -0.4 is 4.74 Å². The van der Waals surface area contributed by atoms with Crippen molar-refractivity contribution in [3.8, 4) is 11.5 Å². The second-order valence-corrected chi connectivity index (χ2v) is 9.18. The summed E-state index contributed by atoms with van der Waals surface area (Å²) in [6.07, 6.45) is -7.22. The van der Waals surface area contributed by atoms with E-state index in [0.717, 1.165) is 0 Å². The summed E-state index contributed by atoms with van der Waals surface area (Å²) in [4.78, 5) is 12.9. The topological polar surface area (TPSA) is 197 Å². The van der Waals surface area contributed by atoms with Gasteiger partial charge in [-0.1, -0.05) is 0 Å². The summed E-state index contributed by atoms with van der Waals surface area (Å²) >= 11 is 0. The van der Waals surface area contributed by atoms with Crippen molar-refractivity contribution >= 4 is 5.97 Å². The summed E-state index contributed by atoms with van der Waals surface area (Å²) in [6, 6.07) is 4.07. The van der Waals surface area contributed by atoms with Crippen LogP contribution in [-0.2, 0) is 23.7 Å². The van der Waals surface area contributed by atoms with Gasteiger partial charge in [0.25, 0.3) is 0 Å². The first-order valence-electron chi connectivity index (χ1n) is 11.4. The van der Waals surface area contributed by atoms with Gasteiger partial charge in [-0.25, -0.2) is 4.79 Å². The van der Waals surface area contributed by atoms with Crippen LogP contribution in [0.4, 0.5) is 0 Å². The third-order valence-electron chi connectivity index (χ3n) is 7.26. The molecule has 0 aromatic heterocycles. The Morgan fingerprint density at radius 1 is 1.11 bits per heavy atom. The molecule has 1 aromatic rings. The lowest BCUT2D eigenvalue weighted by Crippen LogP contribution is -2.60. The van der Waals surface area contributed by atoms with E-state index in [1.54, 1.807) is 6.08 Å². The molecule has 3 aliphatic heterocycles. The molecule has 1 saturated carbocycles. The van der Waals surface area contributed by atoms with E-state index in [2.05, 4.69) is 0 Å². The van der Waals surface area contributed by atoms with Crippen LogP contribution in [-0.4, -0.2) is 112 Å². The minimum Gasteiger partial charge on any atom is -0.504 e. The fourth-order valence-electron chi connectivity index (χ4n) is 5.30. The van der Waals surface area contributed by atoms with Crippen molar-refractivity contribution in [2.24, 2.45) is 11.8 Å². The van der Waals surface area contributed by atoms with Gasteiger partial charge in [0.1, 0.15) is 42.2 Å². The Labute approximate surface area is 205 Å². The molecule has 2 saturated heterocycles. The van der Waals surface area contributed by atoms with Gasteiger partial charge in [0.2, 0.25) is 6.29 Å². The van der Waals surface area contributed by atoms with Gasteiger partial charge >= 0.3 is 5.97 Å². The standard InChI is InChI=1S/C23H28O13/c1-31-12-3-2-9(6-11(12)26)20(30)34-18-10-4-5-32-21(14(10)23(8-25)19(18)36-23)35-22-17(29)16(28)15(27)13(7-24)33-22/h2-6,10,13-19,21-22,24-29H,7-8H2,1H3/t10-,13+,14+,15+,16-,17+,18-,19-,21-,22-,23+/m0/s1. The second-order valence-electron chi connectivity index (χ2n) is 9.18. The fraction of sp³-hybridized carbons (Fsp3) is 0.609. The zero-order valence-electron chi connectivity index (χ0n) is 19.1. The number of rotatable bonds is 7. The molecule has 11 atom stereocenters. The quantitative estimate of drug-likeness (QED) is 0.173. The maximum absolute atomic E-state index is 12.9. The predicted molar refractivity (Wildman–Crippen MR) is 114 cm³/mol. The number of hydrogen-bond acceptors (Lipinski definition) is 13. The van der Waals surface area contributed by atoms with E-state index in [9.17, 15) is 35.4 Å². The molecule has 13 heteroatoms. The third-order valence-corrected chi connectivity index (χ3v) is 7.26. The van der Waals surface area contributed by atoms with Crippen LogP contribution in [0.2, 0.25) is 0 Å². The molecule has 1 aliphatic carbocycles. The molecule has 0 radical (unpaired) electrons. The highest BCUT2D eigenvalue weighted by Crippen LogP contribution is 2.60. The minimum atomic E-state index is -1.66. The van der Waals surface area contributed by atoms with Crippen LogP contribution in [0.1, 0.15) is 10.4 Å². The van der Waals surface area contributed by atoms with Gasteiger partial charge in [-0.3, -0.25) is 0 Å². The van der Waals surface area contributed by atoms with E-state index in [1.807, 2.05) is 0 Å². The van der Waals surface area contributed by atoms with E-state index in [0.29, 0.717) is 0 Å². The number of phenols is 1. The summed E-state index contributed by atoms with van der Waals surface area (Å²) in [7, 11) is 1.38. The molecule has 3 heterocycles. The highest BCUT2D eigenvalue weighted by atomic mass is 16.8. The Kier molecular flexibility index (Phi) is 6.59. The lowest BCUT2D eigenvalue weighted by Gasteiger charge is -2.43. The molecule has 1 aromatic carbocycles. The van der Waals surface area contributed by atoms with Gasteiger partial charge in [-0.2, -0.15) is 0 Å². The Bertz CT molecular complexity index is 1010. The summed E-state index contributed by atoms with van der Waals surface area (Å²) in [5.41, 5.74) is -1.08. The highest BCUT2D eigenvalue weighted by molar-refractivity contribution is 5.90. The number of esters is 1. The Morgan fingerprint density at radius 2 is 1.89 bits per heavy atom. The molecule has 0 bridgehead atoms.